The number of aryl methyl sites for hydroxylation is 1. The van der Waals surface area contributed by atoms with Gasteiger partial charge in [0.25, 0.3) is 5.91 Å². The molecule has 0 spiro atoms. The van der Waals surface area contributed by atoms with Gasteiger partial charge < -0.3 is 14.8 Å². The maximum Gasteiger partial charge on any atom is 0.257 e. The third-order valence-electron chi connectivity index (χ3n) is 2.74. The number of halogens is 1. The van der Waals surface area contributed by atoms with E-state index < -0.39 is 0 Å². The molecule has 0 saturated carbocycles. The minimum atomic E-state index is -0.322. The van der Waals surface area contributed by atoms with Gasteiger partial charge in [-0.25, -0.2) is 0 Å². The first kappa shape index (κ1) is 15.2. The average molecular weight is 310 g/mol. The van der Waals surface area contributed by atoms with Gasteiger partial charge in [0.1, 0.15) is 0 Å². The molecule has 112 valence electrons. The van der Waals surface area contributed by atoms with E-state index in [2.05, 4.69) is 10.4 Å². The van der Waals surface area contributed by atoms with Crippen molar-refractivity contribution in [2.45, 2.75) is 6.92 Å². The first-order chi connectivity index (χ1) is 10.0. The van der Waals surface area contributed by atoms with Crippen molar-refractivity contribution < 1.29 is 14.3 Å². The smallest absolute Gasteiger partial charge is 0.257 e. The van der Waals surface area contributed by atoms with Crippen LogP contribution in [0.4, 0.5) is 5.82 Å². The molecular formula is C14H16ClN3O3. The summed E-state index contributed by atoms with van der Waals surface area (Å²) in [5.74, 6) is 0.981. The first-order valence-corrected chi connectivity index (χ1v) is 6.74. The van der Waals surface area contributed by atoms with E-state index in [0.717, 1.165) is 0 Å². The van der Waals surface area contributed by atoms with Crippen molar-refractivity contribution >= 4 is 23.3 Å². The van der Waals surface area contributed by atoms with Gasteiger partial charge in [-0.2, -0.15) is 5.10 Å². The van der Waals surface area contributed by atoms with E-state index in [0.29, 0.717) is 34.5 Å². The molecule has 1 heterocycles. The quantitative estimate of drug-likeness (QED) is 0.922. The molecule has 0 bridgehead atoms. The molecule has 21 heavy (non-hydrogen) atoms. The Morgan fingerprint density at radius 2 is 2.24 bits per heavy atom. The minimum Gasteiger partial charge on any atom is -0.493 e. The highest BCUT2D eigenvalue weighted by Crippen LogP contribution is 2.36. The average Bonchev–Trinajstić information content (AvgIpc) is 2.86. The van der Waals surface area contributed by atoms with Crippen molar-refractivity contribution in [1.82, 2.24) is 9.78 Å². The summed E-state index contributed by atoms with van der Waals surface area (Å²) in [5.41, 5.74) is 0.367. The molecule has 1 aromatic carbocycles. The zero-order valence-corrected chi connectivity index (χ0v) is 12.8. The highest BCUT2D eigenvalue weighted by Gasteiger charge is 2.16. The normalized spacial score (nSPS) is 10.3. The van der Waals surface area contributed by atoms with E-state index in [1.54, 1.807) is 30.1 Å². The van der Waals surface area contributed by atoms with Crippen LogP contribution in [-0.4, -0.2) is 29.4 Å². The lowest BCUT2D eigenvalue weighted by atomic mass is 10.2. The number of hydrogen-bond donors (Lipinski definition) is 1. The van der Waals surface area contributed by atoms with Crippen LogP contribution in [0.1, 0.15) is 17.3 Å². The zero-order valence-electron chi connectivity index (χ0n) is 12.0. The molecule has 0 saturated heterocycles. The highest BCUT2D eigenvalue weighted by molar-refractivity contribution is 6.32. The van der Waals surface area contributed by atoms with Gasteiger partial charge >= 0.3 is 0 Å². The Hall–Kier alpha value is -2.21. The van der Waals surface area contributed by atoms with Gasteiger partial charge in [0.05, 0.1) is 18.7 Å². The molecule has 2 aromatic rings. The molecule has 0 atom stereocenters. The van der Waals surface area contributed by atoms with Crippen LogP contribution in [0.5, 0.6) is 11.5 Å². The highest BCUT2D eigenvalue weighted by atomic mass is 35.5. The van der Waals surface area contributed by atoms with E-state index in [-0.39, 0.29) is 5.91 Å². The number of nitrogens with one attached hydrogen (secondary N) is 1. The van der Waals surface area contributed by atoms with Crippen LogP contribution in [0, 0.1) is 0 Å². The third kappa shape index (κ3) is 3.46. The molecule has 1 amide bonds. The van der Waals surface area contributed by atoms with Gasteiger partial charge in [-0.3, -0.25) is 9.48 Å². The van der Waals surface area contributed by atoms with E-state index >= 15 is 0 Å². The molecule has 6 nitrogen and oxygen atoms in total. The van der Waals surface area contributed by atoms with Crippen LogP contribution < -0.4 is 14.8 Å². The molecule has 1 aromatic heterocycles. The van der Waals surface area contributed by atoms with Crippen molar-refractivity contribution in [3.8, 4) is 11.5 Å². The maximum atomic E-state index is 12.2. The second-order valence-corrected chi connectivity index (χ2v) is 4.66. The molecule has 0 radical (unpaired) electrons. The van der Waals surface area contributed by atoms with E-state index in [9.17, 15) is 4.79 Å². The number of ether oxygens (including phenoxy) is 2. The summed E-state index contributed by atoms with van der Waals surface area (Å²) < 4.78 is 12.2. The van der Waals surface area contributed by atoms with Gasteiger partial charge in [-0.15, -0.1) is 0 Å². The maximum absolute atomic E-state index is 12.2. The Kier molecular flexibility index (Phi) is 4.70. The number of anilines is 1. The molecule has 0 unspecified atom stereocenters. The Morgan fingerprint density at radius 1 is 1.48 bits per heavy atom. The van der Waals surface area contributed by atoms with Crippen LogP contribution in [0.3, 0.4) is 0 Å². The summed E-state index contributed by atoms with van der Waals surface area (Å²) in [6.45, 7) is 2.30. The fraction of sp³-hybridized carbons (Fsp3) is 0.286. The summed E-state index contributed by atoms with van der Waals surface area (Å²) in [6.07, 6.45) is 1.74. The predicted molar refractivity (Wildman–Crippen MR) is 80.3 cm³/mol. The number of aromatic nitrogens is 2. The lowest BCUT2D eigenvalue weighted by Crippen LogP contribution is -2.13. The van der Waals surface area contributed by atoms with E-state index in [1.165, 1.54) is 13.2 Å². The van der Waals surface area contributed by atoms with E-state index in [1.807, 2.05) is 6.92 Å². The SMILES string of the molecule is CCOc1c(Cl)cc(C(=O)Nc2ccn(C)n2)cc1OC. The van der Waals surface area contributed by atoms with Crippen LogP contribution in [0.15, 0.2) is 24.4 Å². The molecule has 2 rings (SSSR count). The number of amides is 1. The Balaban J connectivity index is 2.27. The summed E-state index contributed by atoms with van der Waals surface area (Å²) in [5, 5.41) is 7.09. The first-order valence-electron chi connectivity index (χ1n) is 6.36. The molecule has 1 N–H and O–H groups in total. The van der Waals surface area contributed by atoms with Crippen LogP contribution in [0.2, 0.25) is 5.02 Å². The summed E-state index contributed by atoms with van der Waals surface area (Å²) in [7, 11) is 3.26. The van der Waals surface area contributed by atoms with Gasteiger partial charge in [-0.05, 0) is 19.1 Å². The summed E-state index contributed by atoms with van der Waals surface area (Å²) in [6, 6.07) is 4.81. The molecule has 0 aliphatic rings. The number of methoxy groups -OCH3 is 1. The van der Waals surface area contributed by atoms with Gasteiger partial charge in [0.15, 0.2) is 17.3 Å². The summed E-state index contributed by atoms with van der Waals surface area (Å²) in [4.78, 5) is 12.2. The Labute approximate surface area is 127 Å². The molecule has 0 aliphatic heterocycles. The van der Waals surface area contributed by atoms with E-state index in [4.69, 9.17) is 21.1 Å². The fourth-order valence-corrected chi connectivity index (χ4v) is 2.07. The van der Waals surface area contributed by atoms with Crippen molar-refractivity contribution in [2.75, 3.05) is 19.0 Å². The topological polar surface area (TPSA) is 65.4 Å². The van der Waals surface area contributed by atoms with Gasteiger partial charge in [-0.1, -0.05) is 11.6 Å². The minimum absolute atomic E-state index is 0.322. The van der Waals surface area contributed by atoms with Crippen molar-refractivity contribution in [3.05, 3.63) is 35.0 Å². The number of rotatable bonds is 5. The van der Waals surface area contributed by atoms with Gasteiger partial charge in [0, 0.05) is 24.9 Å². The Morgan fingerprint density at radius 3 is 2.81 bits per heavy atom. The van der Waals surface area contributed by atoms with Crippen LogP contribution in [0.25, 0.3) is 0 Å². The number of nitrogens with zero attached hydrogens (tertiary/aromatic N) is 2. The number of carbonyl (C=O) groups is 1. The number of carbonyl (C=O) groups excluding carboxylic acids is 1. The fourth-order valence-electron chi connectivity index (χ4n) is 1.81. The summed E-state index contributed by atoms with van der Waals surface area (Å²) >= 11 is 6.14. The zero-order chi connectivity index (χ0) is 15.4. The standard InChI is InChI=1S/C14H16ClN3O3/c1-4-21-13-10(15)7-9(8-11(13)20-3)14(19)16-12-5-6-18(2)17-12/h5-8H,4H2,1-3H3,(H,16,17,19). The monoisotopic (exact) mass is 309 g/mol. The van der Waals surface area contributed by atoms with Crippen LogP contribution >= 0.6 is 11.6 Å². The second-order valence-electron chi connectivity index (χ2n) is 4.25. The van der Waals surface area contributed by atoms with Crippen LogP contribution in [-0.2, 0) is 7.05 Å². The number of hydrogen-bond acceptors (Lipinski definition) is 4. The molecule has 0 fully saturated rings. The van der Waals surface area contributed by atoms with Crippen molar-refractivity contribution in [2.24, 2.45) is 7.05 Å². The molecule has 7 heteroatoms. The molecular weight excluding hydrogens is 294 g/mol. The number of benzene rings is 1. The lowest BCUT2D eigenvalue weighted by Gasteiger charge is -2.12. The lowest BCUT2D eigenvalue weighted by molar-refractivity contribution is 0.102. The van der Waals surface area contributed by atoms with Crippen molar-refractivity contribution in [3.63, 3.8) is 0 Å². The van der Waals surface area contributed by atoms with Gasteiger partial charge in [0.2, 0.25) is 0 Å². The van der Waals surface area contributed by atoms with Crippen molar-refractivity contribution in [1.29, 1.82) is 0 Å². The predicted octanol–water partition coefficient (Wildman–Crippen LogP) is 2.73. The second kappa shape index (κ2) is 6.49. The third-order valence-corrected chi connectivity index (χ3v) is 3.02. The molecule has 0 aliphatic carbocycles. The Bertz CT molecular complexity index is 655. The largest absolute Gasteiger partial charge is 0.493 e.